The largest absolute Gasteiger partial charge is 0.507 e. The van der Waals surface area contributed by atoms with E-state index in [0.717, 1.165) is 17.7 Å². The fraction of sp³-hybridized carbons (Fsp3) is 0.238. The van der Waals surface area contributed by atoms with Crippen LogP contribution >= 0.6 is 0 Å². The third-order valence-corrected chi connectivity index (χ3v) is 4.65. The van der Waals surface area contributed by atoms with Gasteiger partial charge in [-0.15, -0.1) is 6.42 Å². The minimum atomic E-state index is -0.466. The minimum Gasteiger partial charge on any atom is -0.507 e. The topological polar surface area (TPSA) is 70.8 Å². The third kappa shape index (κ3) is 3.19. The van der Waals surface area contributed by atoms with Crippen molar-refractivity contribution in [1.29, 1.82) is 0 Å². The van der Waals surface area contributed by atoms with Crippen molar-refractivity contribution < 1.29 is 14.3 Å². The summed E-state index contributed by atoms with van der Waals surface area (Å²) in [5, 5.41) is 10.5. The highest BCUT2D eigenvalue weighted by Crippen LogP contribution is 2.30. The van der Waals surface area contributed by atoms with E-state index in [9.17, 15) is 14.7 Å². The van der Waals surface area contributed by atoms with E-state index in [1.165, 1.54) is 6.07 Å². The summed E-state index contributed by atoms with van der Waals surface area (Å²) in [5.41, 5.74) is 2.26. The average Bonchev–Trinajstić information content (AvgIpc) is 2.65. The number of hydrogen-bond acceptors (Lipinski definition) is 5. The summed E-state index contributed by atoms with van der Waals surface area (Å²) in [5.74, 6) is 2.29. The monoisotopic (exact) mass is 349 g/mol. The molecule has 1 aromatic heterocycles. The summed E-state index contributed by atoms with van der Waals surface area (Å²) in [6.07, 6.45) is 12.0. The summed E-state index contributed by atoms with van der Waals surface area (Å²) in [6.45, 7) is 3.86. The molecule has 132 valence electrons. The summed E-state index contributed by atoms with van der Waals surface area (Å²) in [7, 11) is 0. The molecule has 0 fully saturated rings. The zero-order valence-electron chi connectivity index (χ0n) is 14.5. The van der Waals surface area contributed by atoms with E-state index < -0.39 is 5.63 Å². The second-order valence-corrected chi connectivity index (χ2v) is 6.16. The predicted octanol–water partition coefficient (Wildman–Crippen LogP) is 2.80. The van der Waals surface area contributed by atoms with Crippen molar-refractivity contribution in [1.82, 2.24) is 4.90 Å². The van der Waals surface area contributed by atoms with Crippen LogP contribution in [0.5, 0.6) is 5.75 Å². The molecule has 1 aromatic carbocycles. The van der Waals surface area contributed by atoms with Gasteiger partial charge in [-0.05, 0) is 48.8 Å². The maximum absolute atomic E-state index is 12.5. The van der Waals surface area contributed by atoms with Crippen molar-refractivity contribution in [2.45, 2.75) is 19.9 Å². The van der Waals surface area contributed by atoms with Crippen LogP contribution in [-0.4, -0.2) is 29.4 Å². The van der Waals surface area contributed by atoms with Crippen LogP contribution in [0.4, 0.5) is 0 Å². The van der Waals surface area contributed by atoms with Gasteiger partial charge in [0, 0.05) is 25.0 Å². The normalized spacial score (nSPS) is 15.2. The molecule has 1 aliphatic heterocycles. The first-order valence-corrected chi connectivity index (χ1v) is 8.35. The first-order chi connectivity index (χ1) is 12.6. The van der Waals surface area contributed by atoms with E-state index in [4.69, 9.17) is 10.8 Å². The molecule has 5 heteroatoms. The van der Waals surface area contributed by atoms with Crippen LogP contribution in [0.1, 0.15) is 28.4 Å². The molecule has 0 unspecified atom stereocenters. The predicted molar refractivity (Wildman–Crippen MR) is 100 cm³/mol. The minimum absolute atomic E-state index is 0.0143. The Morgan fingerprint density at radius 3 is 2.92 bits per heavy atom. The van der Waals surface area contributed by atoms with E-state index >= 15 is 0 Å². The van der Waals surface area contributed by atoms with Crippen molar-refractivity contribution in [3.63, 3.8) is 0 Å². The van der Waals surface area contributed by atoms with Gasteiger partial charge in [-0.1, -0.05) is 12.0 Å². The van der Waals surface area contributed by atoms with Crippen molar-refractivity contribution in [3.05, 3.63) is 63.0 Å². The van der Waals surface area contributed by atoms with Gasteiger partial charge in [0.05, 0.1) is 11.1 Å². The Kier molecular flexibility index (Phi) is 5.06. The molecule has 0 spiro atoms. The van der Waals surface area contributed by atoms with Gasteiger partial charge in [-0.2, -0.15) is 0 Å². The molecule has 0 atom stereocenters. The quantitative estimate of drug-likeness (QED) is 0.398. The second-order valence-electron chi connectivity index (χ2n) is 6.16. The number of rotatable bonds is 4. The van der Waals surface area contributed by atoms with E-state index in [-0.39, 0.29) is 16.9 Å². The van der Waals surface area contributed by atoms with Crippen LogP contribution in [0.3, 0.4) is 0 Å². The van der Waals surface area contributed by atoms with Gasteiger partial charge in [0.1, 0.15) is 5.75 Å². The van der Waals surface area contributed by atoms with E-state index in [0.29, 0.717) is 36.7 Å². The van der Waals surface area contributed by atoms with Gasteiger partial charge >= 0.3 is 5.63 Å². The van der Waals surface area contributed by atoms with Crippen molar-refractivity contribution in [3.8, 4) is 18.1 Å². The third-order valence-electron chi connectivity index (χ3n) is 4.65. The highest BCUT2D eigenvalue weighted by molar-refractivity contribution is 5.98. The second kappa shape index (κ2) is 7.42. The Balaban J connectivity index is 1.99. The lowest BCUT2D eigenvalue weighted by Crippen LogP contribution is -2.35. The van der Waals surface area contributed by atoms with Crippen LogP contribution < -0.4 is 5.63 Å². The lowest BCUT2D eigenvalue weighted by atomic mass is 9.95. The number of terminal acetylenes is 1. The van der Waals surface area contributed by atoms with Gasteiger partial charge < -0.3 is 9.52 Å². The van der Waals surface area contributed by atoms with Gasteiger partial charge in [-0.3, -0.25) is 9.69 Å². The lowest BCUT2D eigenvalue weighted by Gasteiger charge is -2.28. The number of carbonyl (C=O) groups excluding carboxylic acids is 1. The molecular formula is C21H19NO4. The molecule has 0 saturated heterocycles. The fourth-order valence-corrected chi connectivity index (χ4v) is 3.30. The molecular weight excluding hydrogens is 330 g/mol. The van der Waals surface area contributed by atoms with Crippen LogP contribution in [0, 0.1) is 12.3 Å². The number of carbonyl (C=O) groups is 1. The highest BCUT2D eigenvalue weighted by Gasteiger charge is 2.24. The Morgan fingerprint density at radius 2 is 2.23 bits per heavy atom. The first kappa shape index (κ1) is 17.7. The van der Waals surface area contributed by atoms with Gasteiger partial charge in [0.2, 0.25) is 0 Å². The van der Waals surface area contributed by atoms with Crippen molar-refractivity contribution in [2.75, 3.05) is 13.1 Å². The lowest BCUT2D eigenvalue weighted by molar-refractivity contribution is 0.112. The number of phenols is 1. The number of allylic oxidation sites excluding steroid dienone is 2. The number of aldehydes is 1. The van der Waals surface area contributed by atoms with Crippen LogP contribution in [0.15, 0.2) is 45.1 Å². The average molecular weight is 349 g/mol. The van der Waals surface area contributed by atoms with Gasteiger partial charge in [-0.25, -0.2) is 4.79 Å². The fourth-order valence-electron chi connectivity index (χ4n) is 3.30. The number of hydrogen-bond donors (Lipinski definition) is 1. The molecule has 26 heavy (non-hydrogen) atoms. The van der Waals surface area contributed by atoms with Crippen molar-refractivity contribution in [2.24, 2.45) is 0 Å². The molecule has 1 N–H and O–H groups in total. The van der Waals surface area contributed by atoms with Gasteiger partial charge in [0.25, 0.3) is 0 Å². The van der Waals surface area contributed by atoms with E-state index in [1.54, 1.807) is 12.1 Å². The Bertz CT molecular complexity index is 1020. The summed E-state index contributed by atoms with van der Waals surface area (Å²) in [4.78, 5) is 25.9. The van der Waals surface area contributed by atoms with Crippen LogP contribution in [0.25, 0.3) is 11.0 Å². The molecule has 2 heterocycles. The summed E-state index contributed by atoms with van der Waals surface area (Å²) in [6, 6.07) is 3.16. The molecule has 1 aliphatic rings. The zero-order valence-corrected chi connectivity index (χ0v) is 14.5. The Labute approximate surface area is 151 Å². The smallest absolute Gasteiger partial charge is 0.341 e. The number of fused-ring (bicyclic) bond motifs is 3. The SMILES string of the molecule is C#C/C=C\C(=C/C)CN1CCc2c(c(=O)oc3c(C=O)c(O)ccc23)C1. The number of aromatic hydroxyl groups is 1. The molecule has 5 nitrogen and oxygen atoms in total. The number of benzene rings is 1. The summed E-state index contributed by atoms with van der Waals surface area (Å²) < 4.78 is 5.38. The van der Waals surface area contributed by atoms with Crippen LogP contribution in [-0.2, 0) is 13.0 Å². The van der Waals surface area contributed by atoms with Crippen LogP contribution in [0.2, 0.25) is 0 Å². The highest BCUT2D eigenvalue weighted by atomic mass is 16.4. The summed E-state index contributed by atoms with van der Waals surface area (Å²) >= 11 is 0. The number of phenolic OH excluding ortho intramolecular Hbond substituents is 1. The molecule has 2 aromatic rings. The maximum atomic E-state index is 12.5. The number of nitrogens with zero attached hydrogens (tertiary/aromatic N) is 1. The van der Waals surface area contributed by atoms with Gasteiger partial charge in [0.15, 0.2) is 11.9 Å². The molecule has 3 rings (SSSR count). The first-order valence-electron chi connectivity index (χ1n) is 8.35. The Morgan fingerprint density at radius 1 is 1.42 bits per heavy atom. The molecule has 0 radical (unpaired) electrons. The zero-order chi connectivity index (χ0) is 18.7. The van der Waals surface area contributed by atoms with E-state index in [2.05, 4.69) is 10.8 Å². The molecule has 0 aliphatic carbocycles. The van der Waals surface area contributed by atoms with Crippen molar-refractivity contribution >= 4 is 17.3 Å². The maximum Gasteiger partial charge on any atom is 0.341 e. The molecule has 0 amide bonds. The van der Waals surface area contributed by atoms with E-state index in [1.807, 2.05) is 19.1 Å². The molecule has 0 saturated carbocycles. The Hall–Kier alpha value is -3.10. The standard InChI is InChI=1S/C21H19NO4/c1-3-5-6-14(4-2)11-22-10-9-15-16-7-8-19(24)18(13-23)20(16)26-21(25)17(15)12-22/h1,4-8,13,24H,9-12H2,2H3/b6-5-,14-4+. The molecule has 0 bridgehead atoms.